The van der Waals surface area contributed by atoms with Crippen LogP contribution < -0.4 is 14.8 Å². The number of aromatic nitrogens is 2. The molecule has 0 saturated carbocycles. The highest BCUT2D eigenvalue weighted by molar-refractivity contribution is 5.94. The molecule has 0 aliphatic heterocycles. The van der Waals surface area contributed by atoms with Crippen LogP contribution in [0.1, 0.15) is 42.6 Å². The summed E-state index contributed by atoms with van der Waals surface area (Å²) >= 11 is 0. The Bertz CT molecular complexity index is 1020. The SMILES string of the molecule is CCC(C)C(NC(=O)c1cccc(F)c1)c1nc(-c2ccc(OC)c(OC)c2)no1. The van der Waals surface area contributed by atoms with Crippen molar-refractivity contribution in [1.29, 1.82) is 0 Å². The van der Waals surface area contributed by atoms with Gasteiger partial charge in [-0.3, -0.25) is 4.79 Å². The average molecular weight is 413 g/mol. The van der Waals surface area contributed by atoms with Crippen molar-refractivity contribution in [3.63, 3.8) is 0 Å². The molecule has 2 atom stereocenters. The lowest BCUT2D eigenvalue weighted by atomic mass is 9.98. The largest absolute Gasteiger partial charge is 0.493 e. The van der Waals surface area contributed by atoms with Crippen molar-refractivity contribution >= 4 is 5.91 Å². The number of nitrogens with one attached hydrogen (secondary N) is 1. The zero-order valence-corrected chi connectivity index (χ0v) is 17.3. The van der Waals surface area contributed by atoms with Gasteiger partial charge < -0.3 is 19.3 Å². The van der Waals surface area contributed by atoms with Crippen LogP contribution in [0.25, 0.3) is 11.4 Å². The van der Waals surface area contributed by atoms with Crippen molar-refractivity contribution in [2.75, 3.05) is 14.2 Å². The number of benzene rings is 2. The van der Waals surface area contributed by atoms with E-state index in [2.05, 4.69) is 15.5 Å². The number of rotatable bonds is 8. The molecule has 1 heterocycles. The maximum Gasteiger partial charge on any atom is 0.252 e. The fraction of sp³-hybridized carbons (Fsp3) is 0.318. The lowest BCUT2D eigenvalue weighted by Gasteiger charge is -2.20. The van der Waals surface area contributed by atoms with Crippen LogP contribution in [0.3, 0.4) is 0 Å². The molecule has 158 valence electrons. The van der Waals surface area contributed by atoms with E-state index in [0.29, 0.717) is 22.9 Å². The highest BCUT2D eigenvalue weighted by Gasteiger charge is 2.27. The Hall–Kier alpha value is -3.42. The number of hydrogen-bond acceptors (Lipinski definition) is 6. The smallest absolute Gasteiger partial charge is 0.252 e. The number of carbonyl (C=O) groups is 1. The van der Waals surface area contributed by atoms with Crippen molar-refractivity contribution in [2.24, 2.45) is 5.92 Å². The van der Waals surface area contributed by atoms with E-state index in [0.717, 1.165) is 6.42 Å². The molecular formula is C22H24FN3O4. The van der Waals surface area contributed by atoms with E-state index in [1.54, 1.807) is 38.5 Å². The second-order valence-electron chi connectivity index (χ2n) is 6.87. The highest BCUT2D eigenvalue weighted by atomic mass is 19.1. The summed E-state index contributed by atoms with van der Waals surface area (Å²) in [6.07, 6.45) is 0.766. The number of ether oxygens (including phenoxy) is 2. The minimum Gasteiger partial charge on any atom is -0.493 e. The maximum atomic E-state index is 13.5. The van der Waals surface area contributed by atoms with Crippen molar-refractivity contribution in [3.05, 3.63) is 59.7 Å². The Balaban J connectivity index is 1.88. The van der Waals surface area contributed by atoms with Gasteiger partial charge in [0.15, 0.2) is 11.5 Å². The van der Waals surface area contributed by atoms with Crippen LogP contribution in [0.2, 0.25) is 0 Å². The second kappa shape index (κ2) is 9.39. The zero-order chi connectivity index (χ0) is 21.7. The number of hydrogen-bond donors (Lipinski definition) is 1. The number of nitrogens with zero attached hydrogens (tertiary/aromatic N) is 2. The van der Waals surface area contributed by atoms with Crippen LogP contribution in [-0.2, 0) is 0 Å². The van der Waals surface area contributed by atoms with E-state index in [9.17, 15) is 9.18 Å². The molecule has 3 rings (SSSR count). The first-order valence-corrected chi connectivity index (χ1v) is 9.59. The predicted molar refractivity (Wildman–Crippen MR) is 109 cm³/mol. The third-order valence-electron chi connectivity index (χ3n) is 4.94. The summed E-state index contributed by atoms with van der Waals surface area (Å²) in [6.45, 7) is 3.97. The summed E-state index contributed by atoms with van der Waals surface area (Å²) in [5.74, 6) is 0.894. The molecular weight excluding hydrogens is 389 g/mol. The first-order chi connectivity index (χ1) is 14.5. The van der Waals surface area contributed by atoms with Gasteiger partial charge in [0.25, 0.3) is 5.91 Å². The molecule has 1 amide bonds. The molecule has 2 aromatic carbocycles. The van der Waals surface area contributed by atoms with Gasteiger partial charge in [-0.1, -0.05) is 31.5 Å². The second-order valence-corrected chi connectivity index (χ2v) is 6.87. The molecule has 0 spiro atoms. The summed E-state index contributed by atoms with van der Waals surface area (Å²) in [6, 6.07) is 10.3. The fourth-order valence-electron chi connectivity index (χ4n) is 2.99. The third kappa shape index (κ3) is 4.59. The molecule has 0 fully saturated rings. The normalized spacial score (nSPS) is 12.8. The van der Waals surface area contributed by atoms with Gasteiger partial charge in [0.05, 0.1) is 14.2 Å². The van der Waals surface area contributed by atoms with E-state index in [1.165, 1.54) is 18.2 Å². The molecule has 3 aromatic rings. The molecule has 0 radical (unpaired) electrons. The number of carbonyl (C=O) groups excluding carboxylic acids is 1. The molecule has 0 saturated heterocycles. The van der Waals surface area contributed by atoms with Gasteiger partial charge in [-0.05, 0) is 42.3 Å². The molecule has 2 unspecified atom stereocenters. The van der Waals surface area contributed by atoms with Crippen LogP contribution in [0.15, 0.2) is 47.0 Å². The van der Waals surface area contributed by atoms with Crippen molar-refractivity contribution < 1.29 is 23.2 Å². The average Bonchev–Trinajstić information content (AvgIpc) is 3.26. The minimum absolute atomic E-state index is 0.0150. The van der Waals surface area contributed by atoms with Crippen LogP contribution in [0.5, 0.6) is 11.5 Å². The van der Waals surface area contributed by atoms with E-state index in [1.807, 2.05) is 13.8 Å². The van der Waals surface area contributed by atoms with E-state index < -0.39 is 17.8 Å². The van der Waals surface area contributed by atoms with Gasteiger partial charge in [0, 0.05) is 11.1 Å². The number of halogens is 1. The van der Waals surface area contributed by atoms with Gasteiger partial charge >= 0.3 is 0 Å². The maximum absolute atomic E-state index is 13.5. The molecule has 1 aromatic heterocycles. The fourth-order valence-corrected chi connectivity index (χ4v) is 2.99. The van der Waals surface area contributed by atoms with Crippen LogP contribution in [-0.4, -0.2) is 30.3 Å². The Morgan fingerprint density at radius 1 is 1.17 bits per heavy atom. The van der Waals surface area contributed by atoms with Crippen molar-refractivity contribution in [3.8, 4) is 22.9 Å². The van der Waals surface area contributed by atoms with Crippen LogP contribution in [0.4, 0.5) is 4.39 Å². The van der Waals surface area contributed by atoms with Gasteiger partial charge in [0.1, 0.15) is 11.9 Å². The summed E-state index contributed by atoms with van der Waals surface area (Å²) in [5, 5.41) is 6.94. The van der Waals surface area contributed by atoms with Crippen LogP contribution in [0, 0.1) is 11.7 Å². The Labute approximate surface area is 174 Å². The molecule has 1 N–H and O–H groups in total. The van der Waals surface area contributed by atoms with Gasteiger partial charge in [-0.25, -0.2) is 4.39 Å². The first-order valence-electron chi connectivity index (χ1n) is 9.59. The Morgan fingerprint density at radius 2 is 1.93 bits per heavy atom. The zero-order valence-electron chi connectivity index (χ0n) is 17.3. The number of amides is 1. The summed E-state index contributed by atoms with van der Waals surface area (Å²) in [7, 11) is 3.10. The highest BCUT2D eigenvalue weighted by Crippen LogP contribution is 2.32. The Kier molecular flexibility index (Phi) is 6.66. The van der Waals surface area contributed by atoms with Gasteiger partial charge in [0.2, 0.25) is 11.7 Å². The summed E-state index contributed by atoms with van der Waals surface area (Å²) in [5.41, 5.74) is 0.907. The lowest BCUT2D eigenvalue weighted by Crippen LogP contribution is -2.32. The van der Waals surface area contributed by atoms with Gasteiger partial charge in [-0.15, -0.1) is 0 Å². The van der Waals surface area contributed by atoms with Gasteiger partial charge in [-0.2, -0.15) is 4.98 Å². The topological polar surface area (TPSA) is 86.5 Å². The number of methoxy groups -OCH3 is 2. The third-order valence-corrected chi connectivity index (χ3v) is 4.94. The standard InChI is InChI=1S/C22H24FN3O4/c1-5-13(2)19(24-21(27)15-7-6-8-16(23)11-15)22-25-20(26-30-22)14-9-10-17(28-3)18(12-14)29-4/h6-13,19H,5H2,1-4H3,(H,24,27). The molecule has 7 nitrogen and oxygen atoms in total. The minimum atomic E-state index is -0.521. The molecule has 30 heavy (non-hydrogen) atoms. The summed E-state index contributed by atoms with van der Waals surface area (Å²) < 4.78 is 29.5. The van der Waals surface area contributed by atoms with Crippen LogP contribution >= 0.6 is 0 Å². The quantitative estimate of drug-likeness (QED) is 0.589. The van der Waals surface area contributed by atoms with E-state index in [-0.39, 0.29) is 17.4 Å². The molecule has 0 bridgehead atoms. The predicted octanol–water partition coefficient (Wildman–Crippen LogP) is 4.41. The molecule has 0 aliphatic rings. The molecule has 0 aliphatic carbocycles. The van der Waals surface area contributed by atoms with E-state index >= 15 is 0 Å². The van der Waals surface area contributed by atoms with Crippen molar-refractivity contribution in [2.45, 2.75) is 26.3 Å². The van der Waals surface area contributed by atoms with Crippen molar-refractivity contribution in [1.82, 2.24) is 15.5 Å². The van der Waals surface area contributed by atoms with E-state index in [4.69, 9.17) is 14.0 Å². The lowest BCUT2D eigenvalue weighted by molar-refractivity contribution is 0.0909. The summed E-state index contributed by atoms with van der Waals surface area (Å²) in [4.78, 5) is 17.1. The molecule has 8 heteroatoms. The monoisotopic (exact) mass is 413 g/mol. The first kappa shape index (κ1) is 21.3. The Morgan fingerprint density at radius 3 is 2.60 bits per heavy atom.